The number of rotatable bonds is 5. The Morgan fingerprint density at radius 3 is 2.63 bits per heavy atom. The molecule has 2 rings (SSSR count). The van der Waals surface area contributed by atoms with Gasteiger partial charge in [0.15, 0.2) is 0 Å². The fraction of sp³-hybridized carbons (Fsp3) is 0.846. The number of aliphatic carboxylic acids is 1. The third-order valence-electron chi connectivity index (χ3n) is 3.91. The van der Waals surface area contributed by atoms with Gasteiger partial charge in [0.1, 0.15) is 6.04 Å². The Balaban J connectivity index is 1.91. The van der Waals surface area contributed by atoms with Crippen molar-refractivity contribution in [2.75, 3.05) is 12.3 Å². The molecule has 108 valence electrons. The molecule has 0 aromatic rings. The topological polar surface area (TPSA) is 69.6 Å². The molecule has 6 heteroatoms. The molecule has 0 radical (unpaired) electrons. The molecule has 19 heavy (non-hydrogen) atoms. The van der Waals surface area contributed by atoms with Crippen molar-refractivity contribution in [3.63, 3.8) is 0 Å². The van der Waals surface area contributed by atoms with Crippen molar-refractivity contribution in [3.8, 4) is 0 Å². The van der Waals surface area contributed by atoms with Crippen LogP contribution in [0.15, 0.2) is 0 Å². The molecule has 2 atom stereocenters. The van der Waals surface area contributed by atoms with Crippen LogP contribution in [0.1, 0.15) is 39.0 Å². The number of amides is 1. The normalized spacial score (nSPS) is 27.9. The zero-order valence-corrected chi connectivity index (χ0v) is 12.1. The first-order valence-corrected chi connectivity index (χ1v) is 8.07. The minimum absolute atomic E-state index is 0.0129. The van der Waals surface area contributed by atoms with Crippen LogP contribution in [0.3, 0.4) is 0 Å². The van der Waals surface area contributed by atoms with Crippen LogP contribution < -0.4 is 5.32 Å². The summed E-state index contributed by atoms with van der Waals surface area (Å²) >= 11 is 1.57. The Labute approximate surface area is 118 Å². The van der Waals surface area contributed by atoms with E-state index >= 15 is 0 Å². The van der Waals surface area contributed by atoms with Crippen LogP contribution in [-0.4, -0.2) is 51.6 Å². The van der Waals surface area contributed by atoms with E-state index in [1.54, 1.807) is 16.7 Å². The zero-order valence-electron chi connectivity index (χ0n) is 11.3. The van der Waals surface area contributed by atoms with Crippen molar-refractivity contribution < 1.29 is 14.7 Å². The van der Waals surface area contributed by atoms with Crippen LogP contribution in [0, 0.1) is 0 Å². The highest BCUT2D eigenvalue weighted by Gasteiger charge is 2.40. The number of nitrogens with one attached hydrogen (secondary N) is 1. The number of nitrogens with zero attached hydrogens (tertiary/aromatic N) is 1. The number of hydrogen-bond acceptors (Lipinski definition) is 4. The first kappa shape index (κ1) is 14.7. The third kappa shape index (κ3) is 3.42. The van der Waals surface area contributed by atoms with E-state index < -0.39 is 12.0 Å². The summed E-state index contributed by atoms with van der Waals surface area (Å²) in [7, 11) is 0. The van der Waals surface area contributed by atoms with E-state index in [9.17, 15) is 14.7 Å². The van der Waals surface area contributed by atoms with Crippen LogP contribution in [0.2, 0.25) is 0 Å². The Bertz CT molecular complexity index is 345. The molecule has 1 amide bonds. The van der Waals surface area contributed by atoms with Gasteiger partial charge < -0.3 is 15.3 Å². The van der Waals surface area contributed by atoms with E-state index in [1.807, 2.05) is 6.92 Å². The van der Waals surface area contributed by atoms with Gasteiger partial charge >= 0.3 is 5.97 Å². The van der Waals surface area contributed by atoms with Crippen molar-refractivity contribution in [1.29, 1.82) is 0 Å². The molecule has 0 spiro atoms. The minimum Gasteiger partial charge on any atom is -0.480 e. The molecular weight excluding hydrogens is 264 g/mol. The molecular formula is C13H22N2O3S. The molecule has 0 aromatic carbocycles. The summed E-state index contributed by atoms with van der Waals surface area (Å²) in [4.78, 5) is 25.0. The van der Waals surface area contributed by atoms with E-state index in [0.29, 0.717) is 11.8 Å². The second-order valence-electron chi connectivity index (χ2n) is 5.21. The Morgan fingerprint density at radius 1 is 1.37 bits per heavy atom. The number of carbonyl (C=O) groups is 2. The molecule has 0 aromatic heterocycles. The standard InChI is InChI=1S/C13H22N2O3S/c1-2-12-15(10(8-19-12)13(17)18)11(16)7-14-9-5-3-4-6-9/h9-10,12,14H,2-8H2,1H3,(H,17,18). The van der Waals surface area contributed by atoms with E-state index in [0.717, 1.165) is 19.3 Å². The molecule has 2 fully saturated rings. The lowest BCUT2D eigenvalue weighted by Crippen LogP contribution is -2.49. The van der Waals surface area contributed by atoms with Crippen molar-refractivity contribution >= 4 is 23.6 Å². The molecule has 1 heterocycles. The smallest absolute Gasteiger partial charge is 0.327 e. The molecule has 1 saturated heterocycles. The van der Waals surface area contributed by atoms with Gasteiger partial charge in [0.05, 0.1) is 11.9 Å². The van der Waals surface area contributed by atoms with Crippen molar-refractivity contribution in [2.24, 2.45) is 0 Å². The number of carbonyl (C=O) groups excluding carboxylic acids is 1. The lowest BCUT2D eigenvalue weighted by atomic mass is 10.2. The maximum atomic E-state index is 12.3. The molecule has 1 aliphatic carbocycles. The van der Waals surface area contributed by atoms with Crippen LogP contribution >= 0.6 is 11.8 Å². The summed E-state index contributed by atoms with van der Waals surface area (Å²) in [5.74, 6) is -0.461. The highest BCUT2D eigenvalue weighted by Crippen LogP contribution is 2.31. The van der Waals surface area contributed by atoms with E-state index in [-0.39, 0.29) is 17.8 Å². The van der Waals surface area contributed by atoms with Gasteiger partial charge in [0.2, 0.25) is 5.91 Å². The number of thioether (sulfide) groups is 1. The maximum Gasteiger partial charge on any atom is 0.327 e. The molecule has 1 saturated carbocycles. The molecule has 0 bridgehead atoms. The summed E-state index contributed by atoms with van der Waals surface area (Å²) in [6, 6.07) is -0.226. The van der Waals surface area contributed by atoms with Gasteiger partial charge in [-0.1, -0.05) is 19.8 Å². The van der Waals surface area contributed by atoms with Crippen LogP contribution in [0.5, 0.6) is 0 Å². The Kier molecular flexibility index (Phi) is 5.10. The van der Waals surface area contributed by atoms with Crippen LogP contribution in [0.25, 0.3) is 0 Å². The van der Waals surface area contributed by atoms with Crippen LogP contribution in [-0.2, 0) is 9.59 Å². The van der Waals surface area contributed by atoms with Gasteiger partial charge in [-0.05, 0) is 19.3 Å². The molecule has 2 unspecified atom stereocenters. The van der Waals surface area contributed by atoms with E-state index in [4.69, 9.17) is 0 Å². The van der Waals surface area contributed by atoms with Gasteiger partial charge in [-0.25, -0.2) is 4.79 Å². The Hall–Kier alpha value is -0.750. The minimum atomic E-state index is -0.891. The first-order chi connectivity index (χ1) is 9.13. The predicted octanol–water partition coefficient (Wildman–Crippen LogP) is 1.28. The highest BCUT2D eigenvalue weighted by molar-refractivity contribution is 8.00. The summed E-state index contributed by atoms with van der Waals surface area (Å²) in [5.41, 5.74) is 0. The predicted molar refractivity (Wildman–Crippen MR) is 75.1 cm³/mol. The van der Waals surface area contributed by atoms with Crippen LogP contribution in [0.4, 0.5) is 0 Å². The third-order valence-corrected chi connectivity index (χ3v) is 5.37. The highest BCUT2D eigenvalue weighted by atomic mass is 32.2. The number of hydrogen-bond donors (Lipinski definition) is 2. The molecule has 2 N–H and O–H groups in total. The second-order valence-corrected chi connectivity index (χ2v) is 6.42. The molecule has 1 aliphatic heterocycles. The summed E-state index contributed by atoms with van der Waals surface area (Å²) in [6.45, 7) is 2.26. The van der Waals surface area contributed by atoms with Crippen molar-refractivity contribution in [3.05, 3.63) is 0 Å². The molecule has 2 aliphatic rings. The number of carboxylic acid groups (broad SMARTS) is 1. The number of carboxylic acids is 1. The average Bonchev–Trinajstić information content (AvgIpc) is 3.04. The van der Waals surface area contributed by atoms with E-state index in [1.165, 1.54) is 12.8 Å². The quantitative estimate of drug-likeness (QED) is 0.797. The average molecular weight is 286 g/mol. The lowest BCUT2D eigenvalue weighted by Gasteiger charge is -2.27. The fourth-order valence-electron chi connectivity index (χ4n) is 2.86. The molecule has 5 nitrogen and oxygen atoms in total. The monoisotopic (exact) mass is 286 g/mol. The van der Waals surface area contributed by atoms with E-state index in [2.05, 4.69) is 5.32 Å². The maximum absolute atomic E-state index is 12.3. The lowest BCUT2D eigenvalue weighted by molar-refractivity contribution is -0.148. The second kappa shape index (κ2) is 6.61. The van der Waals surface area contributed by atoms with Gasteiger partial charge in [0.25, 0.3) is 0 Å². The van der Waals surface area contributed by atoms with Crippen molar-refractivity contribution in [2.45, 2.75) is 56.5 Å². The largest absolute Gasteiger partial charge is 0.480 e. The SMILES string of the molecule is CCC1SCC(C(=O)O)N1C(=O)CNC1CCCC1. The zero-order chi connectivity index (χ0) is 13.8. The van der Waals surface area contributed by atoms with Gasteiger partial charge in [-0.15, -0.1) is 11.8 Å². The Morgan fingerprint density at radius 2 is 2.05 bits per heavy atom. The van der Waals surface area contributed by atoms with Gasteiger partial charge in [-0.2, -0.15) is 0 Å². The first-order valence-electron chi connectivity index (χ1n) is 7.02. The van der Waals surface area contributed by atoms with Gasteiger partial charge in [-0.3, -0.25) is 4.79 Å². The van der Waals surface area contributed by atoms with Crippen molar-refractivity contribution in [1.82, 2.24) is 10.2 Å². The summed E-state index contributed by atoms with van der Waals surface area (Å²) < 4.78 is 0. The fourth-order valence-corrected chi connectivity index (χ4v) is 4.22. The summed E-state index contributed by atoms with van der Waals surface area (Å²) in [5, 5.41) is 12.5. The summed E-state index contributed by atoms with van der Waals surface area (Å²) in [6.07, 6.45) is 5.49. The van der Waals surface area contributed by atoms with Gasteiger partial charge in [0, 0.05) is 11.8 Å².